The molecule has 0 aliphatic carbocycles. The topological polar surface area (TPSA) is 58.5 Å². The third-order valence-electron chi connectivity index (χ3n) is 2.80. The van der Waals surface area contributed by atoms with Crippen LogP contribution in [0.3, 0.4) is 0 Å². The summed E-state index contributed by atoms with van der Waals surface area (Å²) >= 11 is 0. The second kappa shape index (κ2) is 6.87. The lowest BCUT2D eigenvalue weighted by Gasteiger charge is -2.09. The monoisotopic (exact) mass is 320 g/mol. The largest absolute Gasteiger partial charge is 0.439 e. The van der Waals surface area contributed by atoms with E-state index in [9.17, 15) is 22.8 Å². The molecule has 0 fully saturated rings. The standard InChI is InChI=1S/C16H11F3N2O2/c17-16(18,19)15(21-20-12-9-5-2-6-10-12)14(23)13(22)11-7-3-1-4-8-11/h1-10,20H. The van der Waals surface area contributed by atoms with Gasteiger partial charge in [0.05, 0.1) is 5.69 Å². The van der Waals surface area contributed by atoms with E-state index in [-0.39, 0.29) is 11.3 Å². The average molecular weight is 320 g/mol. The number of ketones is 2. The molecule has 2 aromatic rings. The maximum Gasteiger partial charge on any atom is 0.439 e. The van der Waals surface area contributed by atoms with Crippen LogP contribution in [-0.4, -0.2) is 23.5 Å². The van der Waals surface area contributed by atoms with E-state index in [4.69, 9.17) is 0 Å². The zero-order chi connectivity index (χ0) is 16.9. The molecule has 2 rings (SSSR count). The summed E-state index contributed by atoms with van der Waals surface area (Å²) in [5.41, 5.74) is 0.465. The number of hydrazone groups is 1. The Morgan fingerprint density at radius 1 is 0.870 bits per heavy atom. The number of rotatable bonds is 5. The van der Waals surface area contributed by atoms with Crippen molar-refractivity contribution in [3.63, 3.8) is 0 Å². The van der Waals surface area contributed by atoms with E-state index in [2.05, 4.69) is 10.5 Å². The lowest BCUT2D eigenvalue weighted by atomic mass is 10.0. The van der Waals surface area contributed by atoms with E-state index in [1.807, 2.05) is 0 Å². The van der Waals surface area contributed by atoms with Crippen molar-refractivity contribution in [3.05, 3.63) is 66.2 Å². The van der Waals surface area contributed by atoms with Crippen molar-refractivity contribution in [2.75, 3.05) is 5.43 Å². The highest BCUT2D eigenvalue weighted by Crippen LogP contribution is 2.20. The number of benzene rings is 2. The minimum Gasteiger partial charge on any atom is -0.285 e. The molecule has 7 heteroatoms. The molecule has 0 saturated carbocycles. The van der Waals surface area contributed by atoms with Gasteiger partial charge in [0, 0.05) is 5.56 Å². The van der Waals surface area contributed by atoms with Crippen molar-refractivity contribution in [3.8, 4) is 0 Å². The quantitative estimate of drug-likeness (QED) is 0.397. The van der Waals surface area contributed by atoms with Crippen LogP contribution in [-0.2, 0) is 4.79 Å². The zero-order valence-electron chi connectivity index (χ0n) is 11.7. The zero-order valence-corrected chi connectivity index (χ0v) is 11.7. The van der Waals surface area contributed by atoms with Gasteiger partial charge in [-0.2, -0.15) is 18.3 Å². The SMILES string of the molecule is O=C(C(=O)c1ccccc1)C(=NNc1ccccc1)C(F)(F)F. The molecular formula is C16H11F3N2O2. The summed E-state index contributed by atoms with van der Waals surface area (Å²) in [6.07, 6.45) is -5.05. The molecule has 0 amide bonds. The summed E-state index contributed by atoms with van der Waals surface area (Å²) in [5.74, 6) is -2.98. The number of carbonyl (C=O) groups is 2. The number of nitrogens with one attached hydrogen (secondary N) is 1. The van der Waals surface area contributed by atoms with Gasteiger partial charge >= 0.3 is 6.18 Å². The Labute approximate surface area is 129 Å². The lowest BCUT2D eigenvalue weighted by molar-refractivity contribution is -0.113. The van der Waals surface area contributed by atoms with Gasteiger partial charge in [-0.25, -0.2) is 0 Å². The van der Waals surface area contributed by atoms with Gasteiger partial charge < -0.3 is 0 Å². The number of hydrogen-bond donors (Lipinski definition) is 1. The fraction of sp³-hybridized carbons (Fsp3) is 0.0625. The molecule has 0 aliphatic heterocycles. The van der Waals surface area contributed by atoms with E-state index < -0.39 is 23.5 Å². The van der Waals surface area contributed by atoms with Crippen LogP contribution in [0.4, 0.5) is 18.9 Å². The first-order valence-corrected chi connectivity index (χ1v) is 6.49. The second-order valence-electron chi connectivity index (χ2n) is 4.46. The van der Waals surface area contributed by atoms with E-state index in [1.54, 1.807) is 24.3 Å². The Hall–Kier alpha value is -2.96. The molecular weight excluding hydrogens is 309 g/mol. The van der Waals surface area contributed by atoms with Crippen LogP contribution in [0.1, 0.15) is 10.4 Å². The Morgan fingerprint density at radius 2 is 1.39 bits per heavy atom. The molecule has 0 atom stereocenters. The number of halogens is 3. The predicted molar refractivity (Wildman–Crippen MR) is 79.3 cm³/mol. The number of hydrogen-bond acceptors (Lipinski definition) is 4. The Balaban J connectivity index is 2.28. The van der Waals surface area contributed by atoms with Crippen molar-refractivity contribution in [1.82, 2.24) is 0 Å². The molecule has 0 aliphatic rings. The van der Waals surface area contributed by atoms with Crippen LogP contribution in [0.2, 0.25) is 0 Å². The molecule has 23 heavy (non-hydrogen) atoms. The molecule has 0 radical (unpaired) electrons. The summed E-state index contributed by atoms with van der Waals surface area (Å²) in [4.78, 5) is 23.8. The first-order valence-electron chi connectivity index (χ1n) is 6.49. The summed E-state index contributed by atoms with van der Waals surface area (Å²) in [6, 6.07) is 14.8. The number of para-hydroxylation sites is 1. The van der Waals surface area contributed by atoms with Gasteiger partial charge in [0.25, 0.3) is 5.78 Å². The first kappa shape index (κ1) is 16.4. The maximum atomic E-state index is 13.0. The van der Waals surface area contributed by atoms with Crippen molar-refractivity contribution >= 4 is 23.0 Å². The molecule has 2 aromatic carbocycles. The van der Waals surface area contributed by atoms with Gasteiger partial charge in [-0.1, -0.05) is 48.5 Å². The Kier molecular flexibility index (Phi) is 4.90. The third-order valence-corrected chi connectivity index (χ3v) is 2.80. The summed E-state index contributed by atoms with van der Waals surface area (Å²) in [5, 5.41) is 3.08. The first-order chi connectivity index (χ1) is 10.9. The molecule has 1 N–H and O–H groups in total. The minimum absolute atomic E-state index is 0.130. The number of anilines is 1. The normalized spacial score (nSPS) is 11.9. The van der Waals surface area contributed by atoms with Gasteiger partial charge in [-0.3, -0.25) is 15.0 Å². The summed E-state index contributed by atoms with van der Waals surface area (Å²) in [7, 11) is 0. The number of alkyl halides is 3. The molecule has 0 spiro atoms. The van der Waals surface area contributed by atoms with Crippen molar-refractivity contribution < 1.29 is 22.8 Å². The van der Waals surface area contributed by atoms with Gasteiger partial charge in [0.15, 0.2) is 0 Å². The van der Waals surface area contributed by atoms with Gasteiger partial charge in [0.1, 0.15) is 0 Å². The highest BCUT2D eigenvalue weighted by molar-refractivity contribution is 6.69. The van der Waals surface area contributed by atoms with Gasteiger partial charge in [0.2, 0.25) is 11.5 Å². The molecule has 0 aromatic heterocycles. The van der Waals surface area contributed by atoms with Crippen LogP contribution in [0.25, 0.3) is 0 Å². The highest BCUT2D eigenvalue weighted by Gasteiger charge is 2.43. The summed E-state index contributed by atoms with van der Waals surface area (Å²) in [6.45, 7) is 0. The maximum absolute atomic E-state index is 13.0. The number of carbonyl (C=O) groups excluding carboxylic acids is 2. The van der Waals surface area contributed by atoms with Crippen LogP contribution in [0, 0.1) is 0 Å². The molecule has 0 unspecified atom stereocenters. The minimum atomic E-state index is -5.05. The van der Waals surface area contributed by atoms with Crippen molar-refractivity contribution in [2.45, 2.75) is 6.18 Å². The van der Waals surface area contributed by atoms with Crippen LogP contribution in [0.15, 0.2) is 65.8 Å². The Morgan fingerprint density at radius 3 is 1.91 bits per heavy atom. The number of Topliss-reactive ketones (excluding diaryl/α,β-unsaturated/α-hetero) is 2. The fourth-order valence-electron chi connectivity index (χ4n) is 1.70. The van der Waals surface area contributed by atoms with E-state index >= 15 is 0 Å². The lowest BCUT2D eigenvalue weighted by Crippen LogP contribution is -2.36. The molecule has 0 saturated heterocycles. The van der Waals surface area contributed by atoms with Crippen LogP contribution < -0.4 is 5.43 Å². The van der Waals surface area contributed by atoms with Crippen molar-refractivity contribution in [1.29, 1.82) is 0 Å². The van der Waals surface area contributed by atoms with Gasteiger partial charge in [-0.15, -0.1) is 0 Å². The third kappa shape index (κ3) is 4.26. The van der Waals surface area contributed by atoms with Crippen LogP contribution >= 0.6 is 0 Å². The predicted octanol–water partition coefficient (Wildman–Crippen LogP) is 3.47. The Bertz CT molecular complexity index is 726. The number of nitrogens with zero attached hydrogens (tertiary/aromatic N) is 1. The van der Waals surface area contributed by atoms with E-state index in [0.717, 1.165) is 0 Å². The molecule has 4 nitrogen and oxygen atoms in total. The van der Waals surface area contributed by atoms with Crippen LogP contribution in [0.5, 0.6) is 0 Å². The molecule has 0 heterocycles. The van der Waals surface area contributed by atoms with E-state index in [0.29, 0.717) is 0 Å². The molecule has 118 valence electrons. The van der Waals surface area contributed by atoms with Crippen molar-refractivity contribution in [2.24, 2.45) is 5.10 Å². The smallest absolute Gasteiger partial charge is 0.285 e. The average Bonchev–Trinajstić information content (AvgIpc) is 2.54. The van der Waals surface area contributed by atoms with Gasteiger partial charge in [-0.05, 0) is 12.1 Å². The summed E-state index contributed by atoms with van der Waals surface area (Å²) < 4.78 is 39.0. The highest BCUT2D eigenvalue weighted by atomic mass is 19.4. The fourth-order valence-corrected chi connectivity index (χ4v) is 1.70. The molecule has 0 bridgehead atoms. The second-order valence-corrected chi connectivity index (χ2v) is 4.46. The van der Waals surface area contributed by atoms with E-state index in [1.165, 1.54) is 36.4 Å².